The Morgan fingerprint density at radius 2 is 1.20 bits per heavy atom. The van der Waals surface area contributed by atoms with Crippen molar-refractivity contribution in [3.05, 3.63) is 162 Å². The van der Waals surface area contributed by atoms with Gasteiger partial charge in [-0.25, -0.2) is 9.58 Å². The van der Waals surface area contributed by atoms with Crippen molar-refractivity contribution in [2.24, 2.45) is 0 Å². The molecule has 1 fully saturated rings. The fourth-order valence-electron chi connectivity index (χ4n) is 8.77. The summed E-state index contributed by atoms with van der Waals surface area (Å²) >= 11 is 0. The van der Waals surface area contributed by atoms with Gasteiger partial charge in [0, 0.05) is 62.7 Å². The van der Waals surface area contributed by atoms with E-state index in [0.29, 0.717) is 9.18 Å². The van der Waals surface area contributed by atoms with Crippen LogP contribution in [0, 0.1) is 18.8 Å². The first-order valence-electron chi connectivity index (χ1n) is 19.8. The fraction of sp³-hybridized carbons (Fsp3) is 0.294. The van der Waals surface area contributed by atoms with E-state index in [0.717, 1.165) is 22.4 Å². The van der Waals surface area contributed by atoms with Crippen LogP contribution in [0.1, 0.15) is 104 Å². The molecule has 0 N–H and O–H groups in total. The second-order valence-corrected chi connectivity index (χ2v) is 19.5. The summed E-state index contributed by atoms with van der Waals surface area (Å²) in [5.41, 5.74) is 13.1. The minimum Gasteiger partial charge on any atom is -0.319 e. The Hall–Kier alpha value is -4.34. The minimum atomic E-state index is -0.410. The molecule has 0 saturated carbocycles. The quantitative estimate of drug-likeness (QED) is 0.0956. The molecule has 0 spiro atoms. The Kier molecular flexibility index (Phi) is 8.65. The number of quaternary nitrogens is 2. The van der Waals surface area contributed by atoms with Crippen molar-refractivity contribution in [1.29, 1.82) is 0 Å². The summed E-state index contributed by atoms with van der Waals surface area (Å²) in [6.07, 6.45) is 1.95. The summed E-state index contributed by atoms with van der Waals surface area (Å²) in [7, 11) is 0. The smallest absolute Gasteiger partial charge is 0.225 e. The average molecular weight is 917 g/mol. The monoisotopic (exact) mass is 916 g/mol. The van der Waals surface area contributed by atoms with E-state index in [9.17, 15) is 0 Å². The molecule has 2 aliphatic heterocycles. The van der Waals surface area contributed by atoms with Gasteiger partial charge in [-0.1, -0.05) is 124 Å². The zero-order valence-electron chi connectivity index (χ0n) is 34.7. The number of para-hydroxylation sites is 3. The summed E-state index contributed by atoms with van der Waals surface area (Å²) in [6.45, 7) is 27.8. The predicted molar refractivity (Wildman–Crippen MR) is 231 cm³/mol. The normalized spacial score (nSPS) is 19.3. The van der Waals surface area contributed by atoms with E-state index in [2.05, 4.69) is 209 Å². The summed E-state index contributed by atoms with van der Waals surface area (Å²) in [4.78, 5) is 4.94. The van der Waals surface area contributed by atoms with Crippen molar-refractivity contribution < 1.29 is 21.1 Å². The van der Waals surface area contributed by atoms with Crippen LogP contribution in [0.2, 0.25) is 0 Å². The molecule has 2 aromatic heterocycles. The van der Waals surface area contributed by atoms with Gasteiger partial charge in [0.05, 0.1) is 0 Å². The van der Waals surface area contributed by atoms with Crippen LogP contribution in [0.3, 0.4) is 0 Å². The molecule has 4 nitrogen and oxygen atoms in total. The summed E-state index contributed by atoms with van der Waals surface area (Å²) in [5.74, 6) is 0.919. The molecule has 2 aliphatic rings. The van der Waals surface area contributed by atoms with Crippen LogP contribution in [0.25, 0.3) is 27.6 Å². The third-order valence-electron chi connectivity index (χ3n) is 12.4. The van der Waals surface area contributed by atoms with E-state index >= 15 is 0 Å². The van der Waals surface area contributed by atoms with Crippen LogP contribution in [-0.2, 0) is 42.7 Å². The Balaban J connectivity index is 0.00000441. The third kappa shape index (κ3) is 5.54. The third-order valence-corrected chi connectivity index (χ3v) is 12.4. The second kappa shape index (κ2) is 12.6. The number of pyridine rings is 1. The van der Waals surface area contributed by atoms with E-state index in [1.165, 1.54) is 55.8 Å². The molecule has 4 heterocycles. The largest absolute Gasteiger partial charge is 0.319 e. The standard InChI is InChI=1S/C51H53N4.Pt/c1-48(2,3)34-17-16-18-39(28-34)54-33-55(54,46-22-15-14-21-45(46)54)40-29-37(50(7,8)9)27-38(30-40)51(10,11)36-23-24-42-41-19-12-13-20-43(41)53(44(42)31-36)47-32-35(25-26-52-47)49(4,5)6;/h12-29,32-33H,1-11H3;/q-1;/t54-,55?;/m0./s1. The Labute approximate surface area is 348 Å². The van der Waals surface area contributed by atoms with Gasteiger partial charge >= 0.3 is 0 Å². The molecule has 2 atom stereocenters. The molecule has 0 amide bonds. The minimum absolute atomic E-state index is 0. The van der Waals surface area contributed by atoms with E-state index in [-0.39, 0.29) is 37.3 Å². The Morgan fingerprint density at radius 1 is 0.554 bits per heavy atom. The summed E-state index contributed by atoms with van der Waals surface area (Å²) in [6, 6.07) is 48.7. The maximum atomic E-state index is 4.94. The van der Waals surface area contributed by atoms with Crippen LogP contribution < -0.4 is 9.18 Å². The number of benzene rings is 5. The first kappa shape index (κ1) is 38.5. The molecule has 9 rings (SSSR count). The van der Waals surface area contributed by atoms with Gasteiger partial charge in [0.25, 0.3) is 0 Å². The second-order valence-electron chi connectivity index (χ2n) is 19.5. The van der Waals surface area contributed by atoms with Crippen molar-refractivity contribution in [3.63, 3.8) is 0 Å². The van der Waals surface area contributed by atoms with Crippen LogP contribution in [0.5, 0.6) is 0 Å². The first-order valence-corrected chi connectivity index (χ1v) is 19.8. The zero-order valence-corrected chi connectivity index (χ0v) is 36.9. The van der Waals surface area contributed by atoms with Gasteiger partial charge in [-0.3, -0.25) is 0 Å². The van der Waals surface area contributed by atoms with Crippen LogP contribution in [0.15, 0.2) is 115 Å². The molecule has 288 valence electrons. The van der Waals surface area contributed by atoms with Gasteiger partial charge in [-0.15, -0.1) is 28.6 Å². The molecule has 0 bridgehead atoms. The van der Waals surface area contributed by atoms with Gasteiger partial charge in [0.1, 0.15) is 5.82 Å². The molecular formula is C51H53N4Pt-. The molecule has 7 aromatic rings. The van der Waals surface area contributed by atoms with Crippen molar-refractivity contribution >= 4 is 44.6 Å². The van der Waals surface area contributed by atoms with E-state index in [4.69, 9.17) is 4.98 Å². The van der Waals surface area contributed by atoms with Crippen molar-refractivity contribution in [1.82, 2.24) is 18.7 Å². The number of nitrogens with zero attached hydrogens (tertiary/aromatic N) is 4. The Morgan fingerprint density at radius 3 is 1.89 bits per heavy atom. The molecule has 5 aromatic carbocycles. The van der Waals surface area contributed by atoms with E-state index < -0.39 is 5.41 Å². The average Bonchev–Trinajstić information content (AvgIpc) is 3.64. The number of fused-ring (bicyclic) bond motifs is 7. The predicted octanol–water partition coefficient (Wildman–Crippen LogP) is 13.3. The number of rotatable bonds is 5. The molecule has 1 unspecified atom stereocenters. The van der Waals surface area contributed by atoms with E-state index in [1.54, 1.807) is 0 Å². The van der Waals surface area contributed by atoms with Gasteiger partial charge in [0.15, 0.2) is 12.4 Å². The molecule has 5 heteroatoms. The maximum Gasteiger partial charge on any atom is 0.225 e. The molecule has 0 radical (unpaired) electrons. The summed E-state index contributed by atoms with van der Waals surface area (Å²) in [5, 5.41) is 2.39. The number of hydrogen-bond donors (Lipinski definition) is 0. The van der Waals surface area contributed by atoms with Gasteiger partial charge in [-0.05, 0) is 56.4 Å². The van der Waals surface area contributed by atoms with Gasteiger partial charge in [0.2, 0.25) is 11.4 Å². The topological polar surface area (TPSA) is 17.8 Å². The van der Waals surface area contributed by atoms with Crippen molar-refractivity contribution in [3.8, 4) is 5.82 Å². The molecular weight excluding hydrogens is 864 g/mol. The van der Waals surface area contributed by atoms with Crippen molar-refractivity contribution in [2.75, 3.05) is 0 Å². The summed E-state index contributed by atoms with van der Waals surface area (Å²) < 4.78 is 3.60. The van der Waals surface area contributed by atoms with Gasteiger partial charge < -0.3 is 4.57 Å². The molecule has 0 aliphatic carbocycles. The SMILES string of the molecule is CC(C)(C)c1cc(C(C)(C)c2[c-]c3c(cc2)c2ccccc2n3-c2cc(C(C)(C)C)ccn2)[c-]c([N+]23[CH-][N@+]2(c2cccc(C(C)(C)C)c2)c2ccccc23)c1.[Pt]. The van der Waals surface area contributed by atoms with E-state index in [1.807, 2.05) is 6.20 Å². The van der Waals surface area contributed by atoms with Crippen LogP contribution >= 0.6 is 0 Å². The van der Waals surface area contributed by atoms with Crippen molar-refractivity contribution in [2.45, 2.75) is 97.8 Å². The number of aromatic nitrogens is 2. The van der Waals surface area contributed by atoms with Gasteiger partial charge in [-0.2, -0.15) is 34.4 Å². The Bertz CT molecular complexity index is 2680. The fourth-order valence-corrected chi connectivity index (χ4v) is 8.77. The first-order chi connectivity index (χ1) is 25.9. The van der Waals surface area contributed by atoms with Crippen LogP contribution in [0.4, 0.5) is 22.7 Å². The van der Waals surface area contributed by atoms with Crippen LogP contribution in [-0.4, -0.2) is 9.55 Å². The maximum absolute atomic E-state index is 4.94. The molecule has 1 saturated heterocycles. The molecule has 56 heavy (non-hydrogen) atoms. The zero-order chi connectivity index (χ0) is 38.9. The number of hydrogen-bond acceptors (Lipinski definition) is 1.